The van der Waals surface area contributed by atoms with Crippen molar-refractivity contribution in [2.24, 2.45) is 7.05 Å². The van der Waals surface area contributed by atoms with Crippen molar-refractivity contribution in [3.63, 3.8) is 0 Å². The van der Waals surface area contributed by atoms with Gasteiger partial charge in [0.2, 0.25) is 5.91 Å². The lowest BCUT2D eigenvalue weighted by molar-refractivity contribution is -0.137. The number of anilines is 1. The fourth-order valence-electron chi connectivity index (χ4n) is 2.82. The molecule has 180 valence electrons. The molecule has 2 amide bonds. The molecule has 7 nitrogen and oxygen atoms in total. The lowest BCUT2D eigenvalue weighted by atomic mass is 10.2. The van der Waals surface area contributed by atoms with Gasteiger partial charge in [0.15, 0.2) is 5.16 Å². The Morgan fingerprint density at radius 2 is 1.85 bits per heavy atom. The Morgan fingerprint density at radius 1 is 1.09 bits per heavy atom. The summed E-state index contributed by atoms with van der Waals surface area (Å²) in [6.45, 7) is 0.283. The van der Waals surface area contributed by atoms with E-state index in [2.05, 4.69) is 20.8 Å². The molecule has 13 heteroatoms. The van der Waals surface area contributed by atoms with Crippen molar-refractivity contribution >= 4 is 52.5 Å². The highest BCUT2D eigenvalue weighted by atomic mass is 35.5. The molecule has 0 aliphatic carbocycles. The van der Waals surface area contributed by atoms with Crippen LogP contribution in [0.15, 0.2) is 47.6 Å². The molecule has 2 N–H and O–H groups in total. The topological polar surface area (TPSA) is 88.9 Å². The maximum absolute atomic E-state index is 12.8. The van der Waals surface area contributed by atoms with Crippen LogP contribution in [0.25, 0.3) is 0 Å². The van der Waals surface area contributed by atoms with Gasteiger partial charge in [-0.15, -0.1) is 10.2 Å². The van der Waals surface area contributed by atoms with Crippen LogP contribution in [0.3, 0.4) is 0 Å². The van der Waals surface area contributed by atoms with Gasteiger partial charge in [-0.3, -0.25) is 9.59 Å². The van der Waals surface area contributed by atoms with Crippen LogP contribution >= 0.6 is 35.0 Å². The number of nitrogens with zero attached hydrogens (tertiary/aromatic N) is 3. The summed E-state index contributed by atoms with van der Waals surface area (Å²) >= 11 is 12.9. The summed E-state index contributed by atoms with van der Waals surface area (Å²) in [5, 5.41) is 14.3. The highest BCUT2D eigenvalue weighted by molar-refractivity contribution is 7.99. The van der Waals surface area contributed by atoms with E-state index in [1.165, 1.54) is 24.3 Å². The van der Waals surface area contributed by atoms with Crippen molar-refractivity contribution < 1.29 is 22.8 Å². The van der Waals surface area contributed by atoms with Gasteiger partial charge in [0.05, 0.1) is 21.4 Å². The van der Waals surface area contributed by atoms with Crippen molar-refractivity contribution in [3.05, 3.63) is 69.5 Å². The fourth-order valence-corrected chi connectivity index (χ4v) is 3.84. The van der Waals surface area contributed by atoms with Crippen LogP contribution < -0.4 is 10.6 Å². The van der Waals surface area contributed by atoms with E-state index < -0.39 is 17.6 Å². The number of aromatic nitrogens is 3. The molecule has 0 fully saturated rings. The second kappa shape index (κ2) is 11.1. The van der Waals surface area contributed by atoms with Crippen molar-refractivity contribution in [1.29, 1.82) is 0 Å². The zero-order valence-corrected chi connectivity index (χ0v) is 19.9. The second-order valence-corrected chi connectivity index (χ2v) is 8.76. The highest BCUT2D eigenvalue weighted by Gasteiger charge is 2.30. The largest absolute Gasteiger partial charge is 0.416 e. The number of alkyl halides is 3. The molecule has 0 aliphatic heterocycles. The van der Waals surface area contributed by atoms with Crippen LogP contribution in [-0.4, -0.2) is 38.9 Å². The molecule has 0 aliphatic rings. The number of carbonyl (C=O) groups is 2. The van der Waals surface area contributed by atoms with Gasteiger partial charge in [-0.05, 0) is 36.4 Å². The molecule has 3 aromatic rings. The number of nitrogens with one attached hydrogen (secondary N) is 2. The van der Waals surface area contributed by atoms with E-state index in [1.54, 1.807) is 17.7 Å². The summed E-state index contributed by atoms with van der Waals surface area (Å²) in [5.41, 5.74) is -0.422. The summed E-state index contributed by atoms with van der Waals surface area (Å²) < 4.78 is 40.1. The first-order valence-corrected chi connectivity index (χ1v) is 11.5. The number of rotatable bonds is 8. The Balaban J connectivity index is 1.49. The Labute approximate surface area is 207 Å². The van der Waals surface area contributed by atoms with Crippen LogP contribution in [0.1, 0.15) is 21.7 Å². The molecule has 0 atom stereocenters. The number of benzene rings is 2. The fraction of sp³-hybridized carbons (Fsp3) is 0.238. The molecule has 0 bridgehead atoms. The molecule has 0 unspecified atom stereocenters. The van der Waals surface area contributed by atoms with E-state index in [4.69, 9.17) is 23.2 Å². The third-order valence-electron chi connectivity index (χ3n) is 4.55. The summed E-state index contributed by atoms with van der Waals surface area (Å²) in [4.78, 5) is 24.4. The highest BCUT2D eigenvalue weighted by Crippen LogP contribution is 2.30. The first-order chi connectivity index (χ1) is 16.0. The number of amides is 2. The normalized spacial score (nSPS) is 11.4. The SMILES string of the molecule is Cn1c(CCNC(=O)c2ccc(Cl)c(Cl)c2)nnc1SCC(=O)Nc1cccc(C(F)(F)F)c1. The zero-order valence-electron chi connectivity index (χ0n) is 17.6. The number of hydrogen-bond donors (Lipinski definition) is 2. The Hall–Kier alpha value is -2.76. The summed E-state index contributed by atoms with van der Waals surface area (Å²) in [6.07, 6.45) is -4.11. The molecule has 0 saturated carbocycles. The van der Waals surface area contributed by atoms with Crippen molar-refractivity contribution in [2.75, 3.05) is 17.6 Å². The first-order valence-electron chi connectivity index (χ1n) is 9.76. The van der Waals surface area contributed by atoms with E-state index in [1.807, 2.05) is 0 Å². The lowest BCUT2D eigenvalue weighted by Gasteiger charge is -2.10. The van der Waals surface area contributed by atoms with Crippen molar-refractivity contribution in [1.82, 2.24) is 20.1 Å². The molecular weight excluding hydrogens is 514 g/mol. The van der Waals surface area contributed by atoms with Crippen molar-refractivity contribution in [2.45, 2.75) is 17.8 Å². The Bertz CT molecular complexity index is 1200. The third kappa shape index (κ3) is 6.87. The predicted octanol–water partition coefficient (Wildman–Crippen LogP) is 4.84. The zero-order chi connectivity index (χ0) is 24.9. The van der Waals surface area contributed by atoms with Crippen LogP contribution in [0, 0.1) is 0 Å². The minimum absolute atomic E-state index is 0.0526. The van der Waals surface area contributed by atoms with Crippen LogP contribution in [0.4, 0.5) is 18.9 Å². The Morgan fingerprint density at radius 3 is 2.56 bits per heavy atom. The monoisotopic (exact) mass is 531 g/mol. The van der Waals surface area contributed by atoms with Gasteiger partial charge < -0.3 is 15.2 Å². The first kappa shape index (κ1) is 25.9. The van der Waals surface area contributed by atoms with Gasteiger partial charge in [0.25, 0.3) is 5.91 Å². The maximum atomic E-state index is 12.8. The van der Waals surface area contributed by atoms with Gasteiger partial charge in [-0.1, -0.05) is 41.0 Å². The van der Waals surface area contributed by atoms with Crippen LogP contribution in [-0.2, 0) is 24.4 Å². The molecule has 0 radical (unpaired) electrons. The minimum atomic E-state index is -4.49. The van der Waals surface area contributed by atoms with E-state index in [0.29, 0.717) is 28.0 Å². The van der Waals surface area contributed by atoms with Gasteiger partial charge in [-0.25, -0.2) is 0 Å². The number of hydrogen-bond acceptors (Lipinski definition) is 5. The summed E-state index contributed by atoms with van der Waals surface area (Å²) in [7, 11) is 1.71. The van der Waals surface area contributed by atoms with E-state index in [9.17, 15) is 22.8 Å². The van der Waals surface area contributed by atoms with E-state index in [0.717, 1.165) is 23.9 Å². The summed E-state index contributed by atoms with van der Waals surface area (Å²) in [6, 6.07) is 8.97. The average Bonchev–Trinajstić information content (AvgIpc) is 3.13. The molecule has 1 aromatic heterocycles. The number of thioether (sulfide) groups is 1. The lowest BCUT2D eigenvalue weighted by Crippen LogP contribution is -2.26. The van der Waals surface area contributed by atoms with Gasteiger partial charge in [-0.2, -0.15) is 13.2 Å². The number of carbonyl (C=O) groups excluding carboxylic acids is 2. The molecular formula is C21H18Cl2F3N5O2S. The molecule has 1 heterocycles. The standard InChI is InChI=1S/C21H18Cl2F3N5O2S/c1-31-17(7-8-27-19(33)12-5-6-15(22)16(23)9-12)29-30-20(31)34-11-18(32)28-14-4-2-3-13(10-14)21(24,25)26/h2-6,9-10H,7-8,11H2,1H3,(H,27,33)(H,28,32). The molecule has 2 aromatic carbocycles. The van der Waals surface area contributed by atoms with E-state index >= 15 is 0 Å². The molecule has 3 rings (SSSR count). The van der Waals surface area contributed by atoms with Gasteiger partial charge >= 0.3 is 6.18 Å². The van der Waals surface area contributed by atoms with Crippen LogP contribution in [0.5, 0.6) is 0 Å². The maximum Gasteiger partial charge on any atom is 0.416 e. The Kier molecular flexibility index (Phi) is 8.45. The number of halogens is 5. The quantitative estimate of drug-likeness (QED) is 0.406. The van der Waals surface area contributed by atoms with Crippen LogP contribution in [0.2, 0.25) is 10.0 Å². The van der Waals surface area contributed by atoms with Gasteiger partial charge in [0.1, 0.15) is 5.82 Å². The smallest absolute Gasteiger partial charge is 0.352 e. The molecule has 0 saturated heterocycles. The predicted molar refractivity (Wildman–Crippen MR) is 124 cm³/mol. The average molecular weight is 532 g/mol. The van der Waals surface area contributed by atoms with Crippen molar-refractivity contribution in [3.8, 4) is 0 Å². The molecule has 34 heavy (non-hydrogen) atoms. The minimum Gasteiger partial charge on any atom is -0.352 e. The summed E-state index contributed by atoms with van der Waals surface area (Å²) in [5.74, 6) is -0.296. The molecule has 0 spiro atoms. The second-order valence-electron chi connectivity index (χ2n) is 7.01. The van der Waals surface area contributed by atoms with Gasteiger partial charge in [0, 0.05) is 31.3 Å². The van der Waals surface area contributed by atoms with E-state index in [-0.39, 0.29) is 28.9 Å². The third-order valence-corrected chi connectivity index (χ3v) is 6.31.